The van der Waals surface area contributed by atoms with Crippen molar-refractivity contribution in [1.29, 1.82) is 0 Å². The van der Waals surface area contributed by atoms with Gasteiger partial charge >= 0.3 is 0 Å². The van der Waals surface area contributed by atoms with Crippen molar-refractivity contribution in [3.63, 3.8) is 0 Å². The molecule has 0 fully saturated rings. The van der Waals surface area contributed by atoms with E-state index < -0.39 is 9.84 Å². The summed E-state index contributed by atoms with van der Waals surface area (Å²) < 4.78 is 27.5. The molecular weight excluding hydrogens is 334 g/mol. The van der Waals surface area contributed by atoms with Crippen molar-refractivity contribution in [2.75, 3.05) is 23.9 Å². The van der Waals surface area contributed by atoms with Gasteiger partial charge in [0, 0.05) is 29.0 Å². The minimum Gasteiger partial charge on any atom is -0.492 e. The van der Waals surface area contributed by atoms with Crippen LogP contribution in [0, 0.1) is 0 Å². The summed E-state index contributed by atoms with van der Waals surface area (Å²) in [6.45, 7) is 0.0779. The average Bonchev–Trinajstić information content (AvgIpc) is 2.97. The Labute approximate surface area is 139 Å². The van der Waals surface area contributed by atoms with Crippen LogP contribution in [0.4, 0.5) is 5.69 Å². The van der Waals surface area contributed by atoms with E-state index in [4.69, 9.17) is 4.74 Å². The third-order valence-electron chi connectivity index (χ3n) is 2.77. The zero-order chi connectivity index (χ0) is 16.7. The summed E-state index contributed by atoms with van der Waals surface area (Å²) in [5, 5.41) is 4.67. The van der Waals surface area contributed by atoms with Gasteiger partial charge < -0.3 is 10.1 Å². The molecule has 23 heavy (non-hydrogen) atoms. The first-order valence-corrected chi connectivity index (χ1v) is 9.79. The normalized spacial score (nSPS) is 11.5. The van der Waals surface area contributed by atoms with Gasteiger partial charge in [-0.15, -0.1) is 11.3 Å². The van der Waals surface area contributed by atoms with Crippen molar-refractivity contribution in [3.05, 3.63) is 52.7 Å². The van der Waals surface area contributed by atoms with Crippen molar-refractivity contribution < 1.29 is 17.9 Å². The summed E-state index contributed by atoms with van der Waals surface area (Å²) in [6.07, 6.45) is 4.36. The molecule has 0 aliphatic rings. The van der Waals surface area contributed by atoms with Gasteiger partial charge in [0.05, 0.1) is 5.75 Å². The predicted molar refractivity (Wildman–Crippen MR) is 93.6 cm³/mol. The molecule has 2 aromatic rings. The van der Waals surface area contributed by atoms with Crippen molar-refractivity contribution in [1.82, 2.24) is 0 Å². The Bertz CT molecular complexity index is 780. The lowest BCUT2D eigenvalue weighted by Gasteiger charge is -2.07. The first-order valence-electron chi connectivity index (χ1n) is 6.85. The molecule has 2 rings (SSSR count). The maximum Gasteiger partial charge on any atom is 0.248 e. The van der Waals surface area contributed by atoms with Crippen LogP contribution in [0.15, 0.2) is 47.9 Å². The first-order chi connectivity index (χ1) is 10.9. The quantitative estimate of drug-likeness (QED) is 0.779. The largest absolute Gasteiger partial charge is 0.492 e. The van der Waals surface area contributed by atoms with Crippen molar-refractivity contribution in [3.8, 4) is 5.75 Å². The molecule has 1 aromatic heterocycles. The van der Waals surface area contributed by atoms with Crippen molar-refractivity contribution >= 4 is 38.8 Å². The fourth-order valence-electron chi connectivity index (χ4n) is 1.70. The molecule has 7 heteroatoms. The number of benzene rings is 1. The molecular formula is C16H17NO4S2. The number of amides is 1. The first kappa shape index (κ1) is 17.2. The van der Waals surface area contributed by atoms with Crippen LogP contribution in [-0.4, -0.2) is 32.9 Å². The Morgan fingerprint density at radius 2 is 2.13 bits per heavy atom. The highest BCUT2D eigenvalue weighted by molar-refractivity contribution is 7.90. The lowest BCUT2D eigenvalue weighted by atomic mass is 10.3. The molecule has 0 saturated heterocycles. The second-order valence-electron chi connectivity index (χ2n) is 4.84. The van der Waals surface area contributed by atoms with Gasteiger partial charge in [0.15, 0.2) is 9.84 Å². The second-order valence-corrected chi connectivity index (χ2v) is 8.08. The van der Waals surface area contributed by atoms with E-state index in [0.29, 0.717) is 11.4 Å². The van der Waals surface area contributed by atoms with Crippen LogP contribution in [0.1, 0.15) is 4.88 Å². The van der Waals surface area contributed by atoms with E-state index in [1.54, 1.807) is 41.7 Å². The fraction of sp³-hybridized carbons (Fsp3) is 0.188. The third kappa shape index (κ3) is 6.66. The van der Waals surface area contributed by atoms with E-state index in [2.05, 4.69) is 5.32 Å². The van der Waals surface area contributed by atoms with Gasteiger partial charge in [-0.1, -0.05) is 12.1 Å². The number of thiophene rings is 1. The molecule has 1 N–H and O–H groups in total. The summed E-state index contributed by atoms with van der Waals surface area (Å²) in [5.74, 6) is 0.216. The lowest BCUT2D eigenvalue weighted by Crippen LogP contribution is -2.12. The van der Waals surface area contributed by atoms with E-state index in [1.807, 2.05) is 17.5 Å². The van der Waals surface area contributed by atoms with E-state index in [0.717, 1.165) is 11.1 Å². The highest BCUT2D eigenvalue weighted by Gasteiger charge is 2.04. The van der Waals surface area contributed by atoms with E-state index in [-0.39, 0.29) is 18.3 Å². The molecule has 0 aliphatic heterocycles. The van der Waals surface area contributed by atoms with Crippen LogP contribution in [-0.2, 0) is 14.6 Å². The smallest absolute Gasteiger partial charge is 0.248 e. The van der Waals surface area contributed by atoms with Gasteiger partial charge in [-0.25, -0.2) is 8.42 Å². The number of hydrogen-bond donors (Lipinski definition) is 1. The number of ether oxygens (including phenoxy) is 1. The maximum atomic E-state index is 11.9. The minimum atomic E-state index is -3.06. The SMILES string of the molecule is CS(=O)(=O)CCOc1cccc(NC(=O)/C=C/c2cccs2)c1. The number of carbonyl (C=O) groups is 1. The van der Waals surface area contributed by atoms with Gasteiger partial charge in [0.25, 0.3) is 0 Å². The predicted octanol–water partition coefficient (Wildman–Crippen LogP) is 2.82. The third-order valence-corrected chi connectivity index (χ3v) is 4.51. The molecule has 0 aliphatic carbocycles. The van der Waals surface area contributed by atoms with Crippen LogP contribution in [0.2, 0.25) is 0 Å². The Morgan fingerprint density at radius 1 is 1.30 bits per heavy atom. The Balaban J connectivity index is 1.90. The van der Waals surface area contributed by atoms with Gasteiger partial charge in [-0.2, -0.15) is 0 Å². The molecule has 0 spiro atoms. The van der Waals surface area contributed by atoms with E-state index in [1.165, 1.54) is 6.08 Å². The summed E-state index contributed by atoms with van der Waals surface area (Å²) >= 11 is 1.55. The van der Waals surface area contributed by atoms with Gasteiger partial charge in [-0.3, -0.25) is 4.79 Å². The van der Waals surface area contributed by atoms with E-state index in [9.17, 15) is 13.2 Å². The summed E-state index contributed by atoms with van der Waals surface area (Å²) in [5.41, 5.74) is 0.586. The van der Waals surface area contributed by atoms with Crippen LogP contribution >= 0.6 is 11.3 Å². The van der Waals surface area contributed by atoms with Crippen molar-refractivity contribution in [2.45, 2.75) is 0 Å². The average molecular weight is 351 g/mol. The molecule has 0 saturated carbocycles. The number of hydrogen-bond acceptors (Lipinski definition) is 5. The molecule has 122 valence electrons. The number of sulfone groups is 1. The van der Waals surface area contributed by atoms with E-state index >= 15 is 0 Å². The Hall–Kier alpha value is -2.12. The van der Waals surface area contributed by atoms with Gasteiger partial charge in [0.1, 0.15) is 12.4 Å². The van der Waals surface area contributed by atoms with Crippen LogP contribution in [0.3, 0.4) is 0 Å². The number of rotatable bonds is 7. The zero-order valence-corrected chi connectivity index (χ0v) is 14.2. The highest BCUT2D eigenvalue weighted by atomic mass is 32.2. The summed E-state index contributed by atoms with van der Waals surface area (Å²) in [6, 6.07) is 10.7. The topological polar surface area (TPSA) is 72.5 Å². The summed E-state index contributed by atoms with van der Waals surface area (Å²) in [4.78, 5) is 12.8. The lowest BCUT2D eigenvalue weighted by molar-refractivity contribution is -0.111. The van der Waals surface area contributed by atoms with Gasteiger partial charge in [-0.05, 0) is 29.7 Å². The molecule has 0 bridgehead atoms. The molecule has 1 aromatic carbocycles. The zero-order valence-electron chi connectivity index (χ0n) is 12.6. The van der Waals surface area contributed by atoms with Crippen molar-refractivity contribution in [2.24, 2.45) is 0 Å². The molecule has 5 nitrogen and oxygen atoms in total. The van der Waals surface area contributed by atoms with Crippen LogP contribution in [0.5, 0.6) is 5.75 Å². The Kier molecular flexibility index (Phi) is 5.95. The summed E-state index contributed by atoms with van der Waals surface area (Å²) in [7, 11) is -3.06. The van der Waals surface area contributed by atoms with Gasteiger partial charge in [0.2, 0.25) is 5.91 Å². The standard InChI is InChI=1S/C16H17NO4S2/c1-23(19,20)11-9-21-14-5-2-4-13(12-14)17-16(18)8-7-15-6-3-10-22-15/h2-8,10,12H,9,11H2,1H3,(H,17,18)/b8-7+. The number of anilines is 1. The molecule has 0 radical (unpaired) electrons. The molecule has 0 unspecified atom stereocenters. The molecule has 0 atom stereocenters. The van der Waals surface area contributed by atoms with Crippen LogP contribution in [0.25, 0.3) is 6.08 Å². The fourth-order valence-corrected chi connectivity index (χ4v) is 2.71. The number of carbonyl (C=O) groups excluding carboxylic acids is 1. The highest BCUT2D eigenvalue weighted by Crippen LogP contribution is 2.17. The monoisotopic (exact) mass is 351 g/mol. The number of nitrogens with one attached hydrogen (secondary N) is 1. The second kappa shape index (κ2) is 7.94. The maximum absolute atomic E-state index is 11.9. The Morgan fingerprint density at radius 3 is 2.83 bits per heavy atom. The molecule has 1 amide bonds. The van der Waals surface area contributed by atoms with Crippen LogP contribution < -0.4 is 10.1 Å². The minimum absolute atomic E-state index is 0.0485. The molecule has 1 heterocycles.